The Bertz CT molecular complexity index is 458. The molecule has 1 amide bonds. The van der Waals surface area contributed by atoms with Crippen LogP contribution in [0, 0.1) is 5.82 Å². The molecule has 1 aliphatic heterocycles. The molecule has 0 spiro atoms. The molecule has 1 unspecified atom stereocenters. The normalized spacial score (nSPS) is 18.3. The molecule has 3 nitrogen and oxygen atoms in total. The lowest BCUT2D eigenvalue weighted by atomic mass is 10.1. The largest absolute Gasteiger partial charge is 0.334 e. The molecule has 19 heavy (non-hydrogen) atoms. The van der Waals surface area contributed by atoms with Gasteiger partial charge >= 0.3 is 0 Å². The number of rotatable bonds is 3. The van der Waals surface area contributed by atoms with Crippen molar-refractivity contribution in [1.82, 2.24) is 10.2 Å². The molecule has 106 valence electrons. The summed E-state index contributed by atoms with van der Waals surface area (Å²) in [6, 6.07) is 4.42. The molecule has 1 atom stereocenters. The third kappa shape index (κ3) is 3.68. The fourth-order valence-electron chi connectivity index (χ4n) is 2.37. The Hall–Kier alpha value is -0.650. The first-order valence-electron chi connectivity index (χ1n) is 6.04. The maximum atomic E-state index is 13.2. The van der Waals surface area contributed by atoms with Crippen LogP contribution in [0.25, 0.3) is 0 Å². The van der Waals surface area contributed by atoms with E-state index in [0.29, 0.717) is 10.0 Å². The third-order valence-corrected chi connectivity index (χ3v) is 3.93. The summed E-state index contributed by atoms with van der Waals surface area (Å²) >= 11 is 3.31. The highest BCUT2D eigenvalue weighted by Crippen LogP contribution is 2.24. The molecule has 0 bridgehead atoms. The van der Waals surface area contributed by atoms with Gasteiger partial charge in [0.1, 0.15) is 5.82 Å². The summed E-state index contributed by atoms with van der Waals surface area (Å²) in [5.41, 5.74) is 0.401. The van der Waals surface area contributed by atoms with Gasteiger partial charge in [0.15, 0.2) is 0 Å². The number of carbonyl (C=O) groups excluding carboxylic acids is 1. The van der Waals surface area contributed by atoms with Gasteiger partial charge < -0.3 is 10.2 Å². The number of nitrogens with zero attached hydrogens (tertiary/aromatic N) is 1. The average molecular weight is 352 g/mol. The van der Waals surface area contributed by atoms with E-state index < -0.39 is 0 Å². The molecule has 1 aromatic carbocycles. The van der Waals surface area contributed by atoms with E-state index in [1.165, 1.54) is 12.1 Å². The summed E-state index contributed by atoms with van der Waals surface area (Å²) < 4.78 is 13.9. The van der Waals surface area contributed by atoms with Crippen LogP contribution in [0.4, 0.5) is 4.39 Å². The minimum absolute atomic E-state index is 0. The standard InChI is InChI=1S/C13H16BrFN2O.ClH/c1-16-8-10-3-2-6-17(10)13(18)11-7-9(15)4-5-12(11)14;/h4-5,7,10,16H,2-3,6,8H2,1H3;1H. The van der Waals surface area contributed by atoms with E-state index in [1.54, 1.807) is 6.07 Å². The summed E-state index contributed by atoms with van der Waals surface area (Å²) in [5, 5.41) is 3.09. The lowest BCUT2D eigenvalue weighted by Crippen LogP contribution is -2.41. The highest BCUT2D eigenvalue weighted by molar-refractivity contribution is 9.10. The lowest BCUT2D eigenvalue weighted by molar-refractivity contribution is 0.0735. The van der Waals surface area contributed by atoms with Crippen molar-refractivity contribution in [1.29, 1.82) is 0 Å². The van der Waals surface area contributed by atoms with Crippen LogP contribution in [0.5, 0.6) is 0 Å². The van der Waals surface area contributed by atoms with Crippen molar-refractivity contribution in [3.8, 4) is 0 Å². The number of likely N-dealkylation sites (tertiary alicyclic amines) is 1. The topological polar surface area (TPSA) is 32.3 Å². The molecule has 2 rings (SSSR count). The van der Waals surface area contributed by atoms with Crippen molar-refractivity contribution in [2.45, 2.75) is 18.9 Å². The van der Waals surface area contributed by atoms with Gasteiger partial charge in [-0.3, -0.25) is 4.79 Å². The Labute approximate surface area is 127 Å². The van der Waals surface area contributed by atoms with Crippen molar-refractivity contribution in [2.24, 2.45) is 0 Å². The van der Waals surface area contributed by atoms with Crippen LogP contribution in [0.15, 0.2) is 22.7 Å². The number of hydrogen-bond donors (Lipinski definition) is 1. The van der Waals surface area contributed by atoms with E-state index in [1.807, 2.05) is 11.9 Å². The van der Waals surface area contributed by atoms with Gasteiger partial charge in [0.25, 0.3) is 5.91 Å². The summed E-state index contributed by atoms with van der Waals surface area (Å²) in [7, 11) is 1.87. The predicted molar refractivity (Wildman–Crippen MR) is 79.3 cm³/mol. The van der Waals surface area contributed by atoms with Crippen LogP contribution in [0.2, 0.25) is 0 Å². The van der Waals surface area contributed by atoms with Crippen molar-refractivity contribution < 1.29 is 9.18 Å². The maximum absolute atomic E-state index is 13.2. The first kappa shape index (κ1) is 16.4. The van der Waals surface area contributed by atoms with Crippen LogP contribution >= 0.6 is 28.3 Å². The van der Waals surface area contributed by atoms with E-state index in [4.69, 9.17) is 0 Å². The van der Waals surface area contributed by atoms with Crippen LogP contribution in [-0.2, 0) is 0 Å². The second-order valence-corrected chi connectivity index (χ2v) is 5.33. The van der Waals surface area contributed by atoms with Crippen LogP contribution in [-0.4, -0.2) is 37.0 Å². The zero-order chi connectivity index (χ0) is 13.1. The van der Waals surface area contributed by atoms with Crippen LogP contribution < -0.4 is 5.32 Å². The van der Waals surface area contributed by atoms with Crippen molar-refractivity contribution >= 4 is 34.2 Å². The predicted octanol–water partition coefficient (Wildman–Crippen LogP) is 2.83. The smallest absolute Gasteiger partial charge is 0.255 e. The van der Waals surface area contributed by atoms with E-state index in [-0.39, 0.29) is 30.2 Å². The van der Waals surface area contributed by atoms with Crippen molar-refractivity contribution in [3.63, 3.8) is 0 Å². The molecular weight excluding hydrogens is 335 g/mol. The molecule has 1 N–H and O–H groups in total. The Morgan fingerprint density at radius 2 is 2.32 bits per heavy atom. The van der Waals surface area contributed by atoms with Gasteiger partial charge in [0, 0.05) is 23.6 Å². The van der Waals surface area contributed by atoms with Gasteiger partial charge in [-0.2, -0.15) is 0 Å². The van der Waals surface area contributed by atoms with Gasteiger partial charge in [0.05, 0.1) is 5.56 Å². The molecule has 0 aliphatic carbocycles. The van der Waals surface area contributed by atoms with Gasteiger partial charge in [0.2, 0.25) is 0 Å². The summed E-state index contributed by atoms with van der Waals surface area (Å²) in [6.07, 6.45) is 2.00. The second-order valence-electron chi connectivity index (χ2n) is 4.48. The maximum Gasteiger partial charge on any atom is 0.255 e. The average Bonchev–Trinajstić information content (AvgIpc) is 2.80. The number of likely N-dealkylation sites (N-methyl/N-ethyl adjacent to an activating group) is 1. The summed E-state index contributed by atoms with van der Waals surface area (Å²) in [6.45, 7) is 1.52. The van der Waals surface area contributed by atoms with Gasteiger partial charge in [-0.25, -0.2) is 4.39 Å². The molecule has 1 saturated heterocycles. The van der Waals surface area contributed by atoms with Gasteiger partial charge in [-0.15, -0.1) is 12.4 Å². The summed E-state index contributed by atoms with van der Waals surface area (Å²) in [5.74, 6) is -0.481. The first-order chi connectivity index (χ1) is 8.63. The number of hydrogen-bond acceptors (Lipinski definition) is 2. The number of halogens is 3. The fraction of sp³-hybridized carbons (Fsp3) is 0.462. The number of nitrogens with one attached hydrogen (secondary N) is 1. The zero-order valence-electron chi connectivity index (χ0n) is 10.7. The Balaban J connectivity index is 0.00000180. The Kier molecular flexibility index (Phi) is 6.23. The molecule has 1 aromatic rings. The first-order valence-corrected chi connectivity index (χ1v) is 6.83. The lowest BCUT2D eigenvalue weighted by Gasteiger charge is -2.25. The van der Waals surface area contributed by atoms with Crippen LogP contribution in [0.3, 0.4) is 0 Å². The third-order valence-electron chi connectivity index (χ3n) is 3.24. The fourth-order valence-corrected chi connectivity index (χ4v) is 2.78. The van der Waals surface area contributed by atoms with E-state index >= 15 is 0 Å². The van der Waals surface area contributed by atoms with Gasteiger partial charge in [-0.1, -0.05) is 0 Å². The zero-order valence-corrected chi connectivity index (χ0v) is 13.1. The molecule has 1 fully saturated rings. The van der Waals surface area contributed by atoms with Gasteiger partial charge in [-0.05, 0) is 54.0 Å². The molecular formula is C13H17BrClFN2O. The Morgan fingerprint density at radius 3 is 3.00 bits per heavy atom. The van der Waals surface area contributed by atoms with Crippen molar-refractivity contribution in [3.05, 3.63) is 34.1 Å². The molecule has 1 heterocycles. The number of carbonyl (C=O) groups is 1. The van der Waals surface area contributed by atoms with E-state index in [9.17, 15) is 9.18 Å². The minimum Gasteiger partial charge on any atom is -0.334 e. The van der Waals surface area contributed by atoms with Crippen molar-refractivity contribution in [2.75, 3.05) is 20.1 Å². The van der Waals surface area contributed by atoms with E-state index in [0.717, 1.165) is 25.9 Å². The van der Waals surface area contributed by atoms with Crippen LogP contribution in [0.1, 0.15) is 23.2 Å². The minimum atomic E-state index is -0.383. The highest BCUT2D eigenvalue weighted by atomic mass is 79.9. The molecule has 6 heteroatoms. The molecule has 1 aliphatic rings. The Morgan fingerprint density at radius 1 is 1.58 bits per heavy atom. The molecule has 0 aromatic heterocycles. The quantitative estimate of drug-likeness (QED) is 0.908. The second kappa shape index (κ2) is 7.22. The number of benzene rings is 1. The SMILES string of the molecule is CNCC1CCCN1C(=O)c1cc(F)ccc1Br.Cl. The van der Waals surface area contributed by atoms with E-state index in [2.05, 4.69) is 21.2 Å². The molecule has 0 radical (unpaired) electrons. The highest BCUT2D eigenvalue weighted by Gasteiger charge is 2.29. The summed E-state index contributed by atoms with van der Waals surface area (Å²) in [4.78, 5) is 14.2. The monoisotopic (exact) mass is 350 g/mol. The molecule has 0 saturated carbocycles. The number of amides is 1.